The maximum absolute atomic E-state index is 11.6. The Bertz CT molecular complexity index is 545. The van der Waals surface area contributed by atoms with Crippen LogP contribution in [0.15, 0.2) is 22.5 Å². The van der Waals surface area contributed by atoms with Gasteiger partial charge in [0.15, 0.2) is 5.96 Å². The predicted octanol–water partition coefficient (Wildman–Crippen LogP) is 2.19. The third kappa shape index (κ3) is 8.37. The molecule has 8 heteroatoms. The molecule has 1 saturated carbocycles. The number of carbonyl (C=O) groups is 1. The number of hydrogen-bond donors (Lipinski definition) is 4. The van der Waals surface area contributed by atoms with E-state index in [1.54, 1.807) is 6.92 Å². The largest absolute Gasteiger partial charge is 0.383 e. The Hall–Kier alpha value is -0.870. The van der Waals surface area contributed by atoms with E-state index in [4.69, 9.17) is 0 Å². The highest BCUT2D eigenvalue weighted by Crippen LogP contribution is 2.25. The van der Waals surface area contributed by atoms with E-state index in [0.717, 1.165) is 30.7 Å². The van der Waals surface area contributed by atoms with Crippen LogP contribution in [-0.2, 0) is 10.4 Å². The molecule has 1 heterocycles. The molecule has 4 N–H and O–H groups in total. The fraction of sp³-hybridized carbons (Fsp3) is 0.647. The zero-order valence-corrected chi connectivity index (χ0v) is 18.0. The Labute approximate surface area is 170 Å². The lowest BCUT2D eigenvalue weighted by Crippen LogP contribution is -2.39. The monoisotopic (exact) mass is 480 g/mol. The minimum atomic E-state index is -0.972. The summed E-state index contributed by atoms with van der Waals surface area (Å²) in [5, 5.41) is 21.8. The van der Waals surface area contributed by atoms with Gasteiger partial charge >= 0.3 is 0 Å². The van der Waals surface area contributed by atoms with Crippen molar-refractivity contribution in [1.29, 1.82) is 0 Å². The van der Waals surface area contributed by atoms with Gasteiger partial charge in [-0.1, -0.05) is 6.07 Å². The van der Waals surface area contributed by atoms with Gasteiger partial charge in [0.05, 0.1) is 6.54 Å². The maximum Gasteiger partial charge on any atom is 0.220 e. The molecule has 1 aliphatic carbocycles. The molecular formula is C17H29IN4O2S. The molecule has 0 aromatic carbocycles. The van der Waals surface area contributed by atoms with Crippen molar-refractivity contribution in [3.8, 4) is 0 Å². The molecule has 0 aliphatic heterocycles. The number of aliphatic imine (C=N–C) groups is 1. The van der Waals surface area contributed by atoms with Crippen molar-refractivity contribution < 1.29 is 9.90 Å². The van der Waals surface area contributed by atoms with Crippen LogP contribution in [0.3, 0.4) is 0 Å². The number of carbonyl (C=O) groups excluding carboxylic acids is 1. The predicted molar refractivity (Wildman–Crippen MR) is 114 cm³/mol. The van der Waals surface area contributed by atoms with Crippen molar-refractivity contribution in [2.75, 3.05) is 19.6 Å². The van der Waals surface area contributed by atoms with Gasteiger partial charge in [-0.05, 0) is 44.6 Å². The highest BCUT2D eigenvalue weighted by atomic mass is 127. The summed E-state index contributed by atoms with van der Waals surface area (Å²) in [7, 11) is 0. The number of halogens is 1. The number of hydrogen-bond acceptors (Lipinski definition) is 4. The van der Waals surface area contributed by atoms with Gasteiger partial charge in [0, 0.05) is 30.4 Å². The van der Waals surface area contributed by atoms with Crippen LogP contribution < -0.4 is 16.0 Å². The number of aliphatic hydroxyl groups is 1. The van der Waals surface area contributed by atoms with Crippen molar-refractivity contribution in [2.24, 2.45) is 4.99 Å². The average Bonchev–Trinajstić information content (AvgIpc) is 3.16. The Balaban J connectivity index is 0.00000312. The fourth-order valence-corrected chi connectivity index (χ4v) is 3.00. The van der Waals surface area contributed by atoms with Crippen LogP contribution in [0.1, 0.15) is 44.4 Å². The van der Waals surface area contributed by atoms with E-state index in [2.05, 4.69) is 20.9 Å². The third-order valence-corrected chi connectivity index (χ3v) is 4.88. The molecule has 0 bridgehead atoms. The first-order chi connectivity index (χ1) is 11.5. The molecule has 2 rings (SSSR count). The molecule has 1 aromatic heterocycles. The molecule has 1 fully saturated rings. The molecule has 0 saturated heterocycles. The van der Waals surface area contributed by atoms with Crippen molar-refractivity contribution >= 4 is 47.2 Å². The second kappa shape index (κ2) is 11.0. The standard InChI is InChI=1S/C17H28N4O2S.HI/c1-3-18-16(19-10-4-7-15(22)21-13-8-9-13)20-12-17(2,23)14-6-5-11-24-14;/h5-6,11,13,23H,3-4,7-10,12H2,1-2H3,(H,21,22)(H2,18,19,20);1H. The Morgan fingerprint density at radius 2 is 2.20 bits per heavy atom. The first-order valence-electron chi connectivity index (χ1n) is 8.59. The molecule has 142 valence electrons. The lowest BCUT2D eigenvalue weighted by atomic mass is 10.1. The number of amides is 1. The number of nitrogens with one attached hydrogen (secondary N) is 3. The number of thiophene rings is 1. The third-order valence-electron chi connectivity index (χ3n) is 3.76. The van der Waals surface area contributed by atoms with E-state index >= 15 is 0 Å². The normalized spacial score (nSPS) is 16.5. The summed E-state index contributed by atoms with van der Waals surface area (Å²) in [6.45, 7) is 5.47. The summed E-state index contributed by atoms with van der Waals surface area (Å²) in [6.07, 6.45) is 3.51. The van der Waals surface area contributed by atoms with E-state index in [-0.39, 0.29) is 36.4 Å². The quantitative estimate of drug-likeness (QED) is 0.189. The smallest absolute Gasteiger partial charge is 0.220 e. The highest BCUT2D eigenvalue weighted by molar-refractivity contribution is 14.0. The lowest BCUT2D eigenvalue weighted by Gasteiger charge is -2.20. The second-order valence-corrected chi connectivity index (χ2v) is 7.27. The van der Waals surface area contributed by atoms with Gasteiger partial charge in [0.2, 0.25) is 5.91 Å². The lowest BCUT2D eigenvalue weighted by molar-refractivity contribution is -0.121. The zero-order chi connectivity index (χ0) is 17.4. The zero-order valence-electron chi connectivity index (χ0n) is 14.9. The Kier molecular flexibility index (Phi) is 9.73. The van der Waals surface area contributed by atoms with Gasteiger partial charge in [-0.25, -0.2) is 4.99 Å². The van der Waals surface area contributed by atoms with E-state index < -0.39 is 5.60 Å². The molecule has 25 heavy (non-hydrogen) atoms. The number of rotatable bonds is 9. The summed E-state index contributed by atoms with van der Waals surface area (Å²) in [5.41, 5.74) is -0.972. The minimum Gasteiger partial charge on any atom is -0.383 e. The van der Waals surface area contributed by atoms with Gasteiger partial charge in [0.1, 0.15) is 5.60 Å². The molecule has 0 spiro atoms. The van der Waals surface area contributed by atoms with E-state index in [0.29, 0.717) is 25.0 Å². The summed E-state index contributed by atoms with van der Waals surface area (Å²) < 4.78 is 0. The van der Waals surface area contributed by atoms with Crippen LogP contribution >= 0.6 is 35.3 Å². The summed E-state index contributed by atoms with van der Waals surface area (Å²) in [6, 6.07) is 4.26. The number of guanidine groups is 1. The van der Waals surface area contributed by atoms with Crippen LogP contribution in [0.25, 0.3) is 0 Å². The Morgan fingerprint density at radius 3 is 2.80 bits per heavy atom. The SMILES string of the molecule is CCNC(=NCC(C)(O)c1cccs1)NCCCC(=O)NC1CC1.I. The van der Waals surface area contributed by atoms with Crippen LogP contribution in [0.2, 0.25) is 0 Å². The van der Waals surface area contributed by atoms with Crippen molar-refractivity contribution in [3.63, 3.8) is 0 Å². The second-order valence-electron chi connectivity index (χ2n) is 6.32. The molecule has 1 unspecified atom stereocenters. The molecule has 0 radical (unpaired) electrons. The molecular weight excluding hydrogens is 451 g/mol. The van der Waals surface area contributed by atoms with Gasteiger partial charge in [-0.2, -0.15) is 0 Å². The topological polar surface area (TPSA) is 85.8 Å². The molecule has 1 amide bonds. The van der Waals surface area contributed by atoms with Crippen molar-refractivity contribution in [2.45, 2.75) is 51.2 Å². The van der Waals surface area contributed by atoms with Crippen LogP contribution in [0.5, 0.6) is 0 Å². The summed E-state index contributed by atoms with van der Waals surface area (Å²) in [5.74, 6) is 0.791. The Morgan fingerprint density at radius 1 is 1.44 bits per heavy atom. The minimum absolute atomic E-state index is 0. The van der Waals surface area contributed by atoms with Crippen LogP contribution in [0, 0.1) is 0 Å². The fourth-order valence-electron chi connectivity index (χ4n) is 2.22. The summed E-state index contributed by atoms with van der Waals surface area (Å²) in [4.78, 5) is 17.0. The van der Waals surface area contributed by atoms with Gasteiger partial charge < -0.3 is 21.1 Å². The maximum atomic E-state index is 11.6. The molecule has 6 nitrogen and oxygen atoms in total. The van der Waals surface area contributed by atoms with Crippen LogP contribution in [-0.4, -0.2) is 42.6 Å². The molecule has 1 aliphatic rings. The van der Waals surface area contributed by atoms with Gasteiger partial charge in [0.25, 0.3) is 0 Å². The van der Waals surface area contributed by atoms with Crippen LogP contribution in [0.4, 0.5) is 0 Å². The van der Waals surface area contributed by atoms with Gasteiger partial charge in [-0.15, -0.1) is 35.3 Å². The first kappa shape index (κ1) is 22.2. The van der Waals surface area contributed by atoms with Crippen molar-refractivity contribution in [1.82, 2.24) is 16.0 Å². The van der Waals surface area contributed by atoms with Gasteiger partial charge in [-0.3, -0.25) is 4.79 Å². The average molecular weight is 480 g/mol. The summed E-state index contributed by atoms with van der Waals surface area (Å²) >= 11 is 1.52. The highest BCUT2D eigenvalue weighted by Gasteiger charge is 2.24. The van der Waals surface area contributed by atoms with E-state index in [9.17, 15) is 9.90 Å². The van der Waals surface area contributed by atoms with E-state index in [1.807, 2.05) is 24.4 Å². The first-order valence-corrected chi connectivity index (χ1v) is 9.47. The number of nitrogens with zero attached hydrogens (tertiary/aromatic N) is 1. The molecule has 1 aromatic rings. The van der Waals surface area contributed by atoms with Crippen molar-refractivity contribution in [3.05, 3.63) is 22.4 Å². The van der Waals surface area contributed by atoms with E-state index in [1.165, 1.54) is 11.3 Å². The molecule has 1 atom stereocenters.